The summed E-state index contributed by atoms with van der Waals surface area (Å²) in [5.74, 6) is 0. The van der Waals surface area contributed by atoms with Crippen molar-refractivity contribution in [1.82, 2.24) is 14.9 Å². The minimum absolute atomic E-state index is 0.0635. The zero-order valence-corrected chi connectivity index (χ0v) is 13.5. The summed E-state index contributed by atoms with van der Waals surface area (Å²) < 4.78 is 0.413. The molecule has 2 aromatic carbocycles. The minimum Gasteiger partial charge on any atom is -0.335 e. The largest absolute Gasteiger partial charge is 0.335 e. The predicted octanol–water partition coefficient (Wildman–Crippen LogP) is 3.14. The van der Waals surface area contributed by atoms with Crippen LogP contribution >= 0.6 is 12.2 Å². The Hall–Kier alpha value is -2.24. The fourth-order valence-corrected chi connectivity index (χ4v) is 3.53. The number of nitrogens with one attached hydrogen (secondary N) is 2. The SMILES string of the molecule is O=c1[nH]c(=S)[nH]c2c1CN(Cc1cccc3ccccc13)CC2. The van der Waals surface area contributed by atoms with Crippen molar-refractivity contribution in [3.8, 4) is 0 Å². The molecule has 0 spiro atoms. The molecule has 3 aromatic rings. The van der Waals surface area contributed by atoms with Gasteiger partial charge in [0.25, 0.3) is 5.56 Å². The van der Waals surface area contributed by atoms with Crippen LogP contribution in [0.25, 0.3) is 10.8 Å². The minimum atomic E-state index is -0.0635. The highest BCUT2D eigenvalue weighted by molar-refractivity contribution is 7.71. The Morgan fingerprint density at radius 3 is 2.83 bits per heavy atom. The second-order valence-corrected chi connectivity index (χ2v) is 6.37. The van der Waals surface area contributed by atoms with Gasteiger partial charge in [0.15, 0.2) is 4.77 Å². The van der Waals surface area contributed by atoms with Crippen molar-refractivity contribution in [2.45, 2.75) is 19.5 Å². The third-order valence-corrected chi connectivity index (χ3v) is 4.67. The molecule has 0 atom stereocenters. The zero-order valence-electron chi connectivity index (χ0n) is 12.6. The molecule has 0 saturated carbocycles. The first kappa shape index (κ1) is 14.4. The molecule has 4 rings (SSSR count). The standard InChI is InChI=1S/C18H17N3OS/c22-17-15-11-21(9-8-16(15)19-18(23)20-17)10-13-6-3-5-12-4-1-2-7-14(12)13/h1-7H,8-11H2,(H2,19,20,22,23). The second kappa shape index (κ2) is 5.76. The first-order chi connectivity index (χ1) is 11.2. The van der Waals surface area contributed by atoms with E-state index in [1.165, 1.54) is 16.3 Å². The van der Waals surface area contributed by atoms with E-state index in [2.05, 4.69) is 57.3 Å². The van der Waals surface area contributed by atoms with Gasteiger partial charge >= 0.3 is 0 Å². The second-order valence-electron chi connectivity index (χ2n) is 5.96. The molecule has 0 unspecified atom stereocenters. The van der Waals surface area contributed by atoms with E-state index in [4.69, 9.17) is 12.2 Å². The molecule has 1 aliphatic heterocycles. The molecule has 1 aromatic heterocycles. The van der Waals surface area contributed by atoms with Crippen LogP contribution in [0.3, 0.4) is 0 Å². The van der Waals surface area contributed by atoms with Gasteiger partial charge in [0.2, 0.25) is 0 Å². The highest BCUT2D eigenvalue weighted by Crippen LogP contribution is 2.22. The number of aromatic nitrogens is 2. The van der Waals surface area contributed by atoms with Gasteiger partial charge in [-0.25, -0.2) is 0 Å². The summed E-state index contributed by atoms with van der Waals surface area (Å²) in [6.45, 7) is 2.42. The number of rotatable bonds is 2. The lowest BCUT2D eigenvalue weighted by Crippen LogP contribution is -2.35. The lowest BCUT2D eigenvalue weighted by atomic mass is 10.0. The van der Waals surface area contributed by atoms with E-state index < -0.39 is 0 Å². The molecule has 23 heavy (non-hydrogen) atoms. The maximum Gasteiger partial charge on any atom is 0.256 e. The highest BCUT2D eigenvalue weighted by Gasteiger charge is 2.20. The molecule has 0 bridgehead atoms. The number of hydrogen-bond donors (Lipinski definition) is 2. The van der Waals surface area contributed by atoms with Crippen molar-refractivity contribution in [2.24, 2.45) is 0 Å². The van der Waals surface area contributed by atoms with E-state index in [0.717, 1.165) is 30.8 Å². The van der Waals surface area contributed by atoms with E-state index in [9.17, 15) is 4.79 Å². The van der Waals surface area contributed by atoms with Gasteiger partial charge in [-0.05, 0) is 28.6 Å². The van der Waals surface area contributed by atoms with Crippen LogP contribution in [0.15, 0.2) is 47.3 Å². The Morgan fingerprint density at radius 1 is 1.09 bits per heavy atom. The summed E-state index contributed by atoms with van der Waals surface area (Å²) in [7, 11) is 0. The Bertz CT molecular complexity index is 984. The van der Waals surface area contributed by atoms with Gasteiger partial charge in [-0.3, -0.25) is 14.7 Å². The third-order valence-electron chi connectivity index (χ3n) is 4.46. The van der Waals surface area contributed by atoms with Crippen molar-refractivity contribution >= 4 is 23.0 Å². The monoisotopic (exact) mass is 323 g/mol. The van der Waals surface area contributed by atoms with Crippen LogP contribution in [0.2, 0.25) is 0 Å². The maximum atomic E-state index is 12.1. The molecular formula is C18H17N3OS. The number of benzene rings is 2. The van der Waals surface area contributed by atoms with Gasteiger partial charge in [0, 0.05) is 31.7 Å². The van der Waals surface area contributed by atoms with Gasteiger partial charge in [-0.2, -0.15) is 0 Å². The topological polar surface area (TPSA) is 51.9 Å². The van der Waals surface area contributed by atoms with Crippen molar-refractivity contribution in [3.05, 3.63) is 74.4 Å². The molecule has 4 nitrogen and oxygen atoms in total. The number of hydrogen-bond acceptors (Lipinski definition) is 3. The van der Waals surface area contributed by atoms with E-state index in [1.54, 1.807) is 0 Å². The van der Waals surface area contributed by atoms with Crippen molar-refractivity contribution in [3.63, 3.8) is 0 Å². The normalized spacial score (nSPS) is 14.8. The molecule has 2 N–H and O–H groups in total. The molecule has 0 fully saturated rings. The summed E-state index contributed by atoms with van der Waals surface area (Å²) in [5, 5.41) is 2.53. The molecule has 1 aliphatic rings. The van der Waals surface area contributed by atoms with Crippen LogP contribution in [-0.2, 0) is 19.5 Å². The Kier molecular flexibility index (Phi) is 3.59. The van der Waals surface area contributed by atoms with Crippen molar-refractivity contribution < 1.29 is 0 Å². The summed E-state index contributed by atoms with van der Waals surface area (Å²) in [5.41, 5.74) is 3.02. The van der Waals surface area contributed by atoms with E-state index in [0.29, 0.717) is 11.3 Å². The lowest BCUT2D eigenvalue weighted by Gasteiger charge is -2.28. The summed E-state index contributed by atoms with van der Waals surface area (Å²) in [6.07, 6.45) is 0.827. The molecule has 0 saturated heterocycles. The molecule has 5 heteroatoms. The first-order valence-corrected chi connectivity index (χ1v) is 8.15. The van der Waals surface area contributed by atoms with Gasteiger partial charge < -0.3 is 4.98 Å². The van der Waals surface area contributed by atoms with Crippen LogP contribution in [0.5, 0.6) is 0 Å². The Labute approximate surface area is 138 Å². The maximum absolute atomic E-state index is 12.1. The quantitative estimate of drug-likeness (QED) is 0.712. The number of nitrogens with zero attached hydrogens (tertiary/aromatic N) is 1. The summed E-state index contributed by atoms with van der Waals surface area (Å²) in [6, 6.07) is 14.8. The van der Waals surface area contributed by atoms with Gasteiger partial charge in [-0.1, -0.05) is 42.5 Å². The van der Waals surface area contributed by atoms with Gasteiger partial charge in [0.1, 0.15) is 0 Å². The van der Waals surface area contributed by atoms with Crippen LogP contribution < -0.4 is 5.56 Å². The van der Waals surface area contributed by atoms with Crippen LogP contribution in [-0.4, -0.2) is 21.4 Å². The molecule has 0 amide bonds. The van der Waals surface area contributed by atoms with Gasteiger partial charge in [0.05, 0.1) is 5.56 Å². The highest BCUT2D eigenvalue weighted by atomic mass is 32.1. The average molecular weight is 323 g/mol. The molecular weight excluding hydrogens is 306 g/mol. The zero-order chi connectivity index (χ0) is 15.8. The molecule has 0 radical (unpaired) electrons. The molecule has 0 aliphatic carbocycles. The summed E-state index contributed by atoms with van der Waals surface area (Å²) in [4.78, 5) is 20.2. The average Bonchev–Trinajstić information content (AvgIpc) is 2.56. The molecule has 116 valence electrons. The Morgan fingerprint density at radius 2 is 1.91 bits per heavy atom. The smallest absolute Gasteiger partial charge is 0.256 e. The third kappa shape index (κ3) is 2.73. The number of fused-ring (bicyclic) bond motifs is 2. The van der Waals surface area contributed by atoms with E-state index in [-0.39, 0.29) is 5.56 Å². The van der Waals surface area contributed by atoms with Crippen LogP contribution in [0.4, 0.5) is 0 Å². The lowest BCUT2D eigenvalue weighted by molar-refractivity contribution is 0.242. The van der Waals surface area contributed by atoms with E-state index >= 15 is 0 Å². The number of H-pyrrole nitrogens is 2. The fourth-order valence-electron chi connectivity index (χ4n) is 3.32. The van der Waals surface area contributed by atoms with Crippen molar-refractivity contribution in [2.75, 3.05) is 6.54 Å². The Balaban J connectivity index is 1.65. The van der Waals surface area contributed by atoms with Crippen molar-refractivity contribution in [1.29, 1.82) is 0 Å². The first-order valence-electron chi connectivity index (χ1n) is 7.74. The number of aromatic amines is 2. The molecule has 2 heterocycles. The fraction of sp³-hybridized carbons (Fsp3) is 0.222. The van der Waals surface area contributed by atoms with Crippen LogP contribution in [0, 0.1) is 4.77 Å². The van der Waals surface area contributed by atoms with Crippen LogP contribution in [0.1, 0.15) is 16.8 Å². The predicted molar refractivity (Wildman–Crippen MR) is 94.0 cm³/mol. The van der Waals surface area contributed by atoms with E-state index in [1.807, 2.05) is 0 Å². The van der Waals surface area contributed by atoms with Gasteiger partial charge in [-0.15, -0.1) is 0 Å². The summed E-state index contributed by atoms with van der Waals surface area (Å²) >= 11 is 5.05.